The number of rotatable bonds is 3. The van der Waals surface area contributed by atoms with Crippen LogP contribution in [0.2, 0.25) is 0 Å². The Kier molecular flexibility index (Phi) is 3.86. The molecule has 3 aromatic rings. The average Bonchev–Trinajstić information content (AvgIpc) is 3.16. The van der Waals surface area contributed by atoms with Gasteiger partial charge in [0.05, 0.1) is 12.0 Å². The van der Waals surface area contributed by atoms with Crippen LogP contribution in [-0.4, -0.2) is 21.4 Å². The lowest BCUT2D eigenvalue weighted by Crippen LogP contribution is -2.31. The first-order valence-corrected chi connectivity index (χ1v) is 7.99. The van der Waals surface area contributed by atoms with Crippen molar-refractivity contribution in [1.82, 2.24) is 14.9 Å². The Balaban J connectivity index is 1.53. The van der Waals surface area contributed by atoms with E-state index in [1.54, 1.807) is 6.26 Å². The molecule has 0 bridgehead atoms. The molecule has 0 fully saturated rings. The van der Waals surface area contributed by atoms with E-state index in [1.165, 1.54) is 11.1 Å². The van der Waals surface area contributed by atoms with E-state index in [-0.39, 0.29) is 0 Å². The molecule has 4 heteroatoms. The first-order valence-electron chi connectivity index (χ1n) is 7.99. The van der Waals surface area contributed by atoms with Crippen molar-refractivity contribution in [3.8, 4) is 23.9 Å². The first-order chi connectivity index (χ1) is 11.8. The van der Waals surface area contributed by atoms with Crippen LogP contribution >= 0.6 is 0 Å². The Morgan fingerprint density at radius 1 is 1.21 bits per heavy atom. The quantitative estimate of drug-likeness (QED) is 0.696. The minimum Gasteiger partial charge on any atom is -0.461 e. The fraction of sp³-hybridized carbons (Fsp3) is 0.200. The predicted molar refractivity (Wildman–Crippen MR) is 91.9 cm³/mol. The smallest absolute Gasteiger partial charge is 0.195 e. The SMILES string of the molecule is C#Cc1ccccc1CN1CCc2nc(-c3ccco3)ncc2C1. The molecule has 24 heavy (non-hydrogen) atoms. The van der Waals surface area contributed by atoms with E-state index in [4.69, 9.17) is 10.8 Å². The van der Waals surface area contributed by atoms with Crippen LogP contribution in [0.4, 0.5) is 0 Å². The Labute approximate surface area is 141 Å². The molecule has 0 unspecified atom stereocenters. The van der Waals surface area contributed by atoms with Gasteiger partial charge in [-0.2, -0.15) is 0 Å². The van der Waals surface area contributed by atoms with Gasteiger partial charge in [0.1, 0.15) is 0 Å². The summed E-state index contributed by atoms with van der Waals surface area (Å²) in [5.41, 5.74) is 4.44. The summed E-state index contributed by atoms with van der Waals surface area (Å²) in [6, 6.07) is 11.8. The maximum absolute atomic E-state index is 5.60. The van der Waals surface area contributed by atoms with Gasteiger partial charge in [0, 0.05) is 43.4 Å². The Morgan fingerprint density at radius 2 is 2.12 bits per heavy atom. The second-order valence-electron chi connectivity index (χ2n) is 5.90. The number of nitrogens with zero attached hydrogens (tertiary/aromatic N) is 3. The van der Waals surface area contributed by atoms with Crippen LogP contribution in [0.1, 0.15) is 22.4 Å². The molecule has 0 spiro atoms. The van der Waals surface area contributed by atoms with Crippen LogP contribution in [-0.2, 0) is 19.5 Å². The van der Waals surface area contributed by atoms with Crippen LogP contribution < -0.4 is 0 Å². The highest BCUT2D eigenvalue weighted by Crippen LogP contribution is 2.22. The van der Waals surface area contributed by atoms with Crippen LogP contribution in [0.15, 0.2) is 53.3 Å². The zero-order valence-electron chi connectivity index (χ0n) is 13.3. The van der Waals surface area contributed by atoms with Crippen molar-refractivity contribution >= 4 is 0 Å². The van der Waals surface area contributed by atoms with Gasteiger partial charge in [-0.15, -0.1) is 6.42 Å². The number of aromatic nitrogens is 2. The van der Waals surface area contributed by atoms with Crippen LogP contribution in [0, 0.1) is 12.3 Å². The third-order valence-electron chi connectivity index (χ3n) is 4.32. The molecule has 118 valence electrons. The minimum atomic E-state index is 0.657. The number of fused-ring (bicyclic) bond motifs is 1. The number of furan rings is 1. The summed E-state index contributed by atoms with van der Waals surface area (Å²) in [6.45, 7) is 2.65. The molecule has 0 N–H and O–H groups in total. The third-order valence-corrected chi connectivity index (χ3v) is 4.32. The van der Waals surface area contributed by atoms with Crippen LogP contribution in [0.5, 0.6) is 0 Å². The van der Waals surface area contributed by atoms with Gasteiger partial charge in [-0.05, 0) is 23.8 Å². The molecule has 0 aliphatic carbocycles. The molecule has 4 rings (SSSR count). The van der Waals surface area contributed by atoms with E-state index in [9.17, 15) is 0 Å². The zero-order chi connectivity index (χ0) is 16.4. The molecule has 3 heterocycles. The summed E-state index contributed by atoms with van der Waals surface area (Å²) in [6.07, 6.45) is 10.1. The highest BCUT2D eigenvalue weighted by atomic mass is 16.3. The van der Waals surface area contributed by atoms with Crippen molar-refractivity contribution in [2.24, 2.45) is 0 Å². The van der Waals surface area contributed by atoms with E-state index >= 15 is 0 Å². The largest absolute Gasteiger partial charge is 0.461 e. The van der Waals surface area contributed by atoms with E-state index in [0.717, 1.165) is 37.3 Å². The summed E-state index contributed by atoms with van der Waals surface area (Å²) in [5.74, 6) is 4.13. The van der Waals surface area contributed by atoms with E-state index in [2.05, 4.69) is 26.9 Å². The molecule has 1 aromatic carbocycles. The minimum absolute atomic E-state index is 0.657. The Bertz CT molecular complexity index is 893. The van der Waals surface area contributed by atoms with Gasteiger partial charge in [0.2, 0.25) is 0 Å². The second-order valence-corrected chi connectivity index (χ2v) is 5.90. The summed E-state index contributed by atoms with van der Waals surface area (Å²) in [5, 5.41) is 0. The van der Waals surface area contributed by atoms with Crippen LogP contribution in [0.3, 0.4) is 0 Å². The fourth-order valence-electron chi connectivity index (χ4n) is 3.07. The second kappa shape index (κ2) is 6.31. The summed E-state index contributed by atoms with van der Waals surface area (Å²) in [7, 11) is 0. The standard InChI is InChI=1S/C20H17N3O/c1-2-15-6-3-4-7-16(15)13-23-10-9-18-17(14-23)12-21-20(22-18)19-8-5-11-24-19/h1,3-8,11-12H,9-10,13-14H2. The third kappa shape index (κ3) is 2.82. The van der Waals surface area contributed by atoms with Gasteiger partial charge in [-0.3, -0.25) is 4.90 Å². The fourth-order valence-corrected chi connectivity index (χ4v) is 3.07. The van der Waals surface area contributed by atoms with Gasteiger partial charge in [-0.1, -0.05) is 24.1 Å². The molecule has 2 aromatic heterocycles. The molecule has 1 aliphatic heterocycles. The Morgan fingerprint density at radius 3 is 2.96 bits per heavy atom. The van der Waals surface area contributed by atoms with Gasteiger partial charge < -0.3 is 4.42 Å². The van der Waals surface area contributed by atoms with Crippen molar-refractivity contribution in [3.05, 3.63) is 71.2 Å². The average molecular weight is 315 g/mol. The number of hydrogen-bond acceptors (Lipinski definition) is 4. The lowest BCUT2D eigenvalue weighted by molar-refractivity contribution is 0.242. The molecular formula is C20H17N3O. The first kappa shape index (κ1) is 14.7. The molecule has 0 amide bonds. The van der Waals surface area contributed by atoms with Gasteiger partial charge in [0.15, 0.2) is 11.6 Å². The monoisotopic (exact) mass is 315 g/mol. The van der Waals surface area contributed by atoms with Crippen molar-refractivity contribution in [2.45, 2.75) is 19.5 Å². The predicted octanol–water partition coefficient (Wildman–Crippen LogP) is 3.28. The number of benzene rings is 1. The van der Waals surface area contributed by atoms with Crippen molar-refractivity contribution < 1.29 is 4.42 Å². The Hall–Kier alpha value is -2.90. The van der Waals surface area contributed by atoms with Crippen molar-refractivity contribution in [3.63, 3.8) is 0 Å². The highest BCUT2D eigenvalue weighted by molar-refractivity contribution is 5.47. The summed E-state index contributed by atoms with van der Waals surface area (Å²) >= 11 is 0. The van der Waals surface area contributed by atoms with E-state index in [0.29, 0.717) is 11.6 Å². The lowest BCUT2D eigenvalue weighted by Gasteiger charge is -2.28. The molecule has 0 atom stereocenters. The lowest BCUT2D eigenvalue weighted by atomic mass is 10.0. The molecule has 0 saturated heterocycles. The zero-order valence-corrected chi connectivity index (χ0v) is 13.3. The number of hydrogen-bond donors (Lipinski definition) is 0. The molecule has 1 aliphatic rings. The normalized spacial score (nSPS) is 14.1. The van der Waals surface area contributed by atoms with Crippen molar-refractivity contribution in [2.75, 3.05) is 6.54 Å². The van der Waals surface area contributed by atoms with Gasteiger partial charge in [0.25, 0.3) is 0 Å². The number of terminal acetylenes is 1. The maximum atomic E-state index is 5.60. The molecule has 4 nitrogen and oxygen atoms in total. The van der Waals surface area contributed by atoms with Gasteiger partial charge in [-0.25, -0.2) is 9.97 Å². The maximum Gasteiger partial charge on any atom is 0.195 e. The highest BCUT2D eigenvalue weighted by Gasteiger charge is 2.20. The molecule has 0 saturated carbocycles. The van der Waals surface area contributed by atoms with Gasteiger partial charge >= 0.3 is 0 Å². The topological polar surface area (TPSA) is 42.2 Å². The van der Waals surface area contributed by atoms with E-state index in [1.807, 2.05) is 36.5 Å². The van der Waals surface area contributed by atoms with Crippen molar-refractivity contribution in [1.29, 1.82) is 0 Å². The summed E-state index contributed by atoms with van der Waals surface area (Å²) < 4.78 is 5.38. The van der Waals surface area contributed by atoms with Crippen LogP contribution in [0.25, 0.3) is 11.6 Å². The summed E-state index contributed by atoms with van der Waals surface area (Å²) in [4.78, 5) is 11.5. The molecule has 0 radical (unpaired) electrons. The van der Waals surface area contributed by atoms with E-state index < -0.39 is 0 Å². The molecular weight excluding hydrogens is 298 g/mol.